The second-order valence-corrected chi connectivity index (χ2v) is 3.72. The molecule has 0 bridgehead atoms. The molecule has 0 aromatic rings. The molecule has 0 aliphatic rings. The van der Waals surface area contributed by atoms with Crippen LogP contribution in [0.4, 0.5) is 0 Å². The third-order valence-electron chi connectivity index (χ3n) is 1.99. The summed E-state index contributed by atoms with van der Waals surface area (Å²) in [6, 6.07) is -0.347. The molecule has 0 saturated carbocycles. The van der Waals surface area contributed by atoms with E-state index in [-0.39, 0.29) is 18.5 Å². The van der Waals surface area contributed by atoms with Gasteiger partial charge < -0.3 is 15.3 Å². The zero-order valence-corrected chi connectivity index (χ0v) is 9.07. The average Bonchev–Trinajstić information content (AvgIpc) is 2.00. The molecule has 2 unspecified atom stereocenters. The standard InChI is InChI=1S/C9H18N2O3/c1-6(9(13)14)7(2)10-8(12)5-11(3)4/h6-7H,5H2,1-4H3,(H,10,12)(H,13,14). The number of carboxylic acid groups (broad SMARTS) is 1. The van der Waals surface area contributed by atoms with Gasteiger partial charge in [-0.15, -0.1) is 0 Å². The monoisotopic (exact) mass is 202 g/mol. The number of rotatable bonds is 5. The second-order valence-electron chi connectivity index (χ2n) is 3.72. The van der Waals surface area contributed by atoms with Gasteiger partial charge >= 0.3 is 5.97 Å². The number of amides is 1. The van der Waals surface area contributed by atoms with E-state index in [1.165, 1.54) is 0 Å². The van der Waals surface area contributed by atoms with Gasteiger partial charge in [-0.1, -0.05) is 0 Å². The number of nitrogens with one attached hydrogen (secondary N) is 1. The van der Waals surface area contributed by atoms with E-state index in [4.69, 9.17) is 5.11 Å². The molecule has 0 rings (SSSR count). The number of aliphatic carboxylic acids is 1. The van der Waals surface area contributed by atoms with Gasteiger partial charge in [-0.3, -0.25) is 9.59 Å². The molecule has 82 valence electrons. The molecule has 2 N–H and O–H groups in total. The van der Waals surface area contributed by atoms with Crippen molar-refractivity contribution >= 4 is 11.9 Å². The zero-order valence-electron chi connectivity index (χ0n) is 9.07. The van der Waals surface area contributed by atoms with Gasteiger partial charge in [0.15, 0.2) is 0 Å². The maximum absolute atomic E-state index is 11.2. The van der Waals surface area contributed by atoms with Crippen molar-refractivity contribution in [2.45, 2.75) is 19.9 Å². The number of carbonyl (C=O) groups excluding carboxylic acids is 1. The van der Waals surface area contributed by atoms with Gasteiger partial charge in [0.25, 0.3) is 0 Å². The molecule has 0 aromatic heterocycles. The number of hydrogen-bond donors (Lipinski definition) is 2. The van der Waals surface area contributed by atoms with Gasteiger partial charge in [-0.2, -0.15) is 0 Å². The number of hydrogen-bond acceptors (Lipinski definition) is 3. The van der Waals surface area contributed by atoms with Crippen LogP contribution in [0.1, 0.15) is 13.8 Å². The zero-order chi connectivity index (χ0) is 11.3. The Morgan fingerprint density at radius 3 is 2.21 bits per heavy atom. The Bertz CT molecular complexity index is 216. The van der Waals surface area contributed by atoms with Crippen LogP contribution in [-0.4, -0.2) is 48.6 Å². The van der Waals surface area contributed by atoms with E-state index in [9.17, 15) is 9.59 Å². The molecule has 5 nitrogen and oxygen atoms in total. The van der Waals surface area contributed by atoms with Crippen molar-refractivity contribution < 1.29 is 14.7 Å². The Morgan fingerprint density at radius 2 is 1.86 bits per heavy atom. The minimum absolute atomic E-state index is 0.157. The van der Waals surface area contributed by atoms with E-state index < -0.39 is 11.9 Å². The Kier molecular flexibility index (Phi) is 5.15. The van der Waals surface area contributed by atoms with Crippen LogP contribution in [0.2, 0.25) is 0 Å². The first-order valence-electron chi connectivity index (χ1n) is 4.51. The van der Waals surface area contributed by atoms with Crippen molar-refractivity contribution in [3.63, 3.8) is 0 Å². The highest BCUT2D eigenvalue weighted by Gasteiger charge is 2.20. The van der Waals surface area contributed by atoms with Gasteiger partial charge in [0.05, 0.1) is 12.5 Å². The Balaban J connectivity index is 3.99. The van der Waals surface area contributed by atoms with E-state index in [2.05, 4.69) is 5.32 Å². The van der Waals surface area contributed by atoms with Crippen molar-refractivity contribution in [2.75, 3.05) is 20.6 Å². The summed E-state index contributed by atoms with van der Waals surface area (Å²) in [6.45, 7) is 3.53. The Hall–Kier alpha value is -1.10. The van der Waals surface area contributed by atoms with Crippen LogP contribution in [-0.2, 0) is 9.59 Å². The molecule has 14 heavy (non-hydrogen) atoms. The summed E-state index contributed by atoms with van der Waals surface area (Å²) in [5.41, 5.74) is 0. The van der Waals surface area contributed by atoms with E-state index in [1.807, 2.05) is 0 Å². The summed E-state index contributed by atoms with van der Waals surface area (Å²) in [5, 5.41) is 11.3. The third-order valence-corrected chi connectivity index (χ3v) is 1.99. The Morgan fingerprint density at radius 1 is 1.36 bits per heavy atom. The van der Waals surface area contributed by atoms with Crippen LogP contribution >= 0.6 is 0 Å². The summed E-state index contributed by atoms with van der Waals surface area (Å²) in [4.78, 5) is 23.6. The minimum Gasteiger partial charge on any atom is -0.481 e. The van der Waals surface area contributed by atoms with Crippen LogP contribution < -0.4 is 5.32 Å². The highest BCUT2D eigenvalue weighted by molar-refractivity contribution is 5.79. The Labute approximate surface area is 84.1 Å². The molecule has 0 aromatic carbocycles. The average molecular weight is 202 g/mol. The predicted octanol–water partition coefficient (Wildman–Crippen LogP) is -0.227. The maximum Gasteiger partial charge on any atom is 0.308 e. The topological polar surface area (TPSA) is 69.6 Å². The van der Waals surface area contributed by atoms with E-state index >= 15 is 0 Å². The van der Waals surface area contributed by atoms with Crippen molar-refractivity contribution in [1.29, 1.82) is 0 Å². The first-order chi connectivity index (χ1) is 6.34. The summed E-state index contributed by atoms with van der Waals surface area (Å²) in [6.07, 6.45) is 0. The second kappa shape index (κ2) is 5.59. The summed E-state index contributed by atoms with van der Waals surface area (Å²) in [7, 11) is 3.57. The van der Waals surface area contributed by atoms with Gasteiger partial charge in [-0.05, 0) is 27.9 Å². The van der Waals surface area contributed by atoms with Gasteiger partial charge in [-0.25, -0.2) is 0 Å². The smallest absolute Gasteiger partial charge is 0.308 e. The molecule has 0 aliphatic heterocycles. The molecule has 0 heterocycles. The lowest BCUT2D eigenvalue weighted by Crippen LogP contribution is -2.43. The molecule has 0 radical (unpaired) electrons. The molecule has 0 fully saturated rings. The lowest BCUT2D eigenvalue weighted by atomic mass is 10.0. The van der Waals surface area contributed by atoms with Crippen molar-refractivity contribution in [3.8, 4) is 0 Å². The normalized spacial score (nSPS) is 14.9. The first-order valence-corrected chi connectivity index (χ1v) is 4.51. The molecular formula is C9H18N2O3. The van der Waals surface area contributed by atoms with E-state index in [1.54, 1.807) is 32.8 Å². The summed E-state index contributed by atoms with van der Waals surface area (Å²) >= 11 is 0. The van der Waals surface area contributed by atoms with E-state index in [0.29, 0.717) is 0 Å². The van der Waals surface area contributed by atoms with Gasteiger partial charge in [0.2, 0.25) is 5.91 Å². The fourth-order valence-corrected chi connectivity index (χ4v) is 0.926. The van der Waals surface area contributed by atoms with Crippen LogP contribution in [0.3, 0.4) is 0 Å². The molecule has 2 atom stereocenters. The summed E-state index contributed by atoms with van der Waals surface area (Å²) in [5.74, 6) is -1.63. The maximum atomic E-state index is 11.2. The lowest BCUT2D eigenvalue weighted by Gasteiger charge is -2.19. The van der Waals surface area contributed by atoms with Crippen molar-refractivity contribution in [2.24, 2.45) is 5.92 Å². The molecular weight excluding hydrogens is 184 g/mol. The SMILES string of the molecule is CC(NC(=O)CN(C)C)C(C)C(=O)O. The molecule has 5 heteroatoms. The molecule has 0 aliphatic carbocycles. The van der Waals surface area contributed by atoms with Gasteiger partial charge in [0, 0.05) is 6.04 Å². The fraction of sp³-hybridized carbons (Fsp3) is 0.778. The van der Waals surface area contributed by atoms with Crippen molar-refractivity contribution in [3.05, 3.63) is 0 Å². The highest BCUT2D eigenvalue weighted by atomic mass is 16.4. The van der Waals surface area contributed by atoms with Crippen LogP contribution in [0, 0.1) is 5.92 Å². The number of carbonyl (C=O) groups is 2. The number of nitrogens with zero attached hydrogens (tertiary/aromatic N) is 1. The first kappa shape index (κ1) is 12.9. The quantitative estimate of drug-likeness (QED) is 0.646. The number of carboxylic acids is 1. The van der Waals surface area contributed by atoms with Crippen LogP contribution in [0.15, 0.2) is 0 Å². The molecule has 0 saturated heterocycles. The minimum atomic E-state index is -0.900. The van der Waals surface area contributed by atoms with Gasteiger partial charge in [0.1, 0.15) is 0 Å². The fourth-order valence-electron chi connectivity index (χ4n) is 0.926. The van der Waals surface area contributed by atoms with E-state index in [0.717, 1.165) is 0 Å². The largest absolute Gasteiger partial charge is 0.481 e. The molecule has 0 spiro atoms. The van der Waals surface area contributed by atoms with Crippen LogP contribution in [0.25, 0.3) is 0 Å². The van der Waals surface area contributed by atoms with Crippen LogP contribution in [0.5, 0.6) is 0 Å². The number of likely N-dealkylation sites (N-methyl/N-ethyl adjacent to an activating group) is 1. The highest BCUT2D eigenvalue weighted by Crippen LogP contribution is 2.01. The van der Waals surface area contributed by atoms with Crippen molar-refractivity contribution in [1.82, 2.24) is 10.2 Å². The lowest BCUT2D eigenvalue weighted by molar-refractivity contribution is -0.142. The summed E-state index contributed by atoms with van der Waals surface area (Å²) < 4.78 is 0. The molecule has 1 amide bonds. The predicted molar refractivity (Wildman–Crippen MR) is 53.0 cm³/mol. The third kappa shape index (κ3) is 4.81.